The molecule has 0 aromatic carbocycles. The van der Waals surface area contributed by atoms with Crippen LogP contribution in [0.4, 0.5) is 0 Å². The quantitative estimate of drug-likeness (QED) is 0.701. The summed E-state index contributed by atoms with van der Waals surface area (Å²) in [5, 5.41) is 19.1. The van der Waals surface area contributed by atoms with Crippen molar-refractivity contribution in [2.24, 2.45) is 0 Å². The number of carboxylic acid groups (broad SMARTS) is 1. The van der Waals surface area contributed by atoms with Crippen molar-refractivity contribution in [3.63, 3.8) is 0 Å². The van der Waals surface area contributed by atoms with Gasteiger partial charge in [0, 0.05) is 18.7 Å². The average molecular weight is 273 g/mol. The highest BCUT2D eigenvalue weighted by Gasteiger charge is 2.38. The van der Waals surface area contributed by atoms with E-state index in [0.29, 0.717) is 19.8 Å². The van der Waals surface area contributed by atoms with E-state index in [2.05, 4.69) is 0 Å². The third kappa shape index (κ3) is 5.09. The lowest BCUT2D eigenvalue weighted by molar-refractivity contribution is -0.141. The van der Waals surface area contributed by atoms with Crippen LogP contribution in [0, 0.1) is 0 Å². The van der Waals surface area contributed by atoms with Crippen molar-refractivity contribution in [2.75, 3.05) is 26.8 Å². The van der Waals surface area contributed by atoms with E-state index in [1.165, 1.54) is 6.42 Å². The lowest BCUT2D eigenvalue weighted by atomic mass is 9.78. The molecule has 0 aromatic rings. The number of carbonyl (C=O) groups is 1. The number of aliphatic hydroxyl groups excluding tert-OH is 1. The highest BCUT2D eigenvalue weighted by atomic mass is 16.5. The molecule has 1 aliphatic rings. The van der Waals surface area contributed by atoms with E-state index in [-0.39, 0.29) is 12.0 Å². The largest absolute Gasteiger partial charge is 0.481 e. The summed E-state index contributed by atoms with van der Waals surface area (Å²) >= 11 is 0. The molecule has 19 heavy (non-hydrogen) atoms. The summed E-state index contributed by atoms with van der Waals surface area (Å²) in [6.45, 7) is 3.25. The Morgan fingerprint density at radius 2 is 2.00 bits per heavy atom. The van der Waals surface area contributed by atoms with Gasteiger partial charge in [-0.15, -0.1) is 0 Å². The number of β-amino-alcohol motifs (C(OH)–C–C–N with tert-alkyl or cyclic N) is 1. The lowest BCUT2D eigenvalue weighted by Crippen LogP contribution is -2.52. The van der Waals surface area contributed by atoms with Gasteiger partial charge in [0.1, 0.15) is 0 Å². The molecule has 1 atom stereocenters. The fourth-order valence-electron chi connectivity index (χ4n) is 3.00. The molecular weight excluding hydrogens is 246 g/mol. The van der Waals surface area contributed by atoms with Gasteiger partial charge in [0.25, 0.3) is 0 Å². The van der Waals surface area contributed by atoms with E-state index in [9.17, 15) is 9.90 Å². The highest BCUT2D eigenvalue weighted by molar-refractivity contribution is 5.68. The van der Waals surface area contributed by atoms with Crippen molar-refractivity contribution in [2.45, 2.75) is 57.1 Å². The van der Waals surface area contributed by atoms with Gasteiger partial charge in [0.15, 0.2) is 0 Å². The molecule has 5 heteroatoms. The smallest absolute Gasteiger partial charge is 0.305 e. The number of likely N-dealkylation sites (N-methyl/N-ethyl adjacent to an activating group) is 1. The second-order valence-corrected chi connectivity index (χ2v) is 5.55. The van der Waals surface area contributed by atoms with E-state index in [4.69, 9.17) is 9.84 Å². The Morgan fingerprint density at radius 1 is 1.37 bits per heavy atom. The average Bonchev–Trinajstić information content (AvgIpc) is 2.36. The zero-order chi connectivity index (χ0) is 14.3. The maximum Gasteiger partial charge on any atom is 0.305 e. The van der Waals surface area contributed by atoms with Gasteiger partial charge in [0.2, 0.25) is 0 Å². The van der Waals surface area contributed by atoms with Crippen LogP contribution in [0.25, 0.3) is 0 Å². The maximum atomic E-state index is 11.1. The van der Waals surface area contributed by atoms with Crippen molar-refractivity contribution >= 4 is 5.97 Å². The van der Waals surface area contributed by atoms with Crippen LogP contribution in [0.3, 0.4) is 0 Å². The van der Waals surface area contributed by atoms with Gasteiger partial charge in [-0.1, -0.05) is 19.3 Å². The molecule has 1 saturated carbocycles. The van der Waals surface area contributed by atoms with Crippen LogP contribution in [0.15, 0.2) is 0 Å². The minimum Gasteiger partial charge on any atom is -0.481 e. The Hall–Kier alpha value is -0.650. The van der Waals surface area contributed by atoms with Crippen LogP contribution in [0.5, 0.6) is 0 Å². The van der Waals surface area contributed by atoms with Crippen LogP contribution in [-0.4, -0.2) is 59.5 Å². The summed E-state index contributed by atoms with van der Waals surface area (Å²) < 4.78 is 5.20. The molecule has 0 aliphatic heterocycles. The number of nitrogens with zero attached hydrogens (tertiary/aromatic N) is 1. The van der Waals surface area contributed by atoms with Crippen molar-refractivity contribution in [1.82, 2.24) is 4.90 Å². The molecule has 1 fully saturated rings. The summed E-state index contributed by atoms with van der Waals surface area (Å²) in [5.74, 6) is -0.756. The molecular formula is C14H27NO4. The number of rotatable bonds is 8. The molecule has 112 valence electrons. The first-order chi connectivity index (χ1) is 9.00. The summed E-state index contributed by atoms with van der Waals surface area (Å²) in [6.07, 6.45) is 4.71. The van der Waals surface area contributed by atoms with E-state index in [1.54, 1.807) is 0 Å². The summed E-state index contributed by atoms with van der Waals surface area (Å²) in [7, 11) is 1.92. The van der Waals surface area contributed by atoms with E-state index in [1.807, 2.05) is 18.9 Å². The first kappa shape index (κ1) is 16.4. The van der Waals surface area contributed by atoms with Gasteiger partial charge >= 0.3 is 5.97 Å². The number of aliphatic hydroxyl groups is 1. The lowest BCUT2D eigenvalue weighted by Gasteiger charge is -2.44. The summed E-state index contributed by atoms with van der Waals surface area (Å²) in [6, 6.07) is 0. The molecule has 0 bridgehead atoms. The number of aliphatic carboxylic acids is 1. The molecule has 5 nitrogen and oxygen atoms in total. The molecule has 1 rings (SSSR count). The van der Waals surface area contributed by atoms with Gasteiger partial charge in [-0.2, -0.15) is 0 Å². The van der Waals surface area contributed by atoms with Gasteiger partial charge < -0.3 is 14.9 Å². The molecule has 1 unspecified atom stereocenters. The second kappa shape index (κ2) is 7.82. The molecule has 0 heterocycles. The van der Waals surface area contributed by atoms with Gasteiger partial charge in [-0.05, 0) is 26.8 Å². The Bertz CT molecular complexity index is 277. The minimum atomic E-state index is -0.756. The van der Waals surface area contributed by atoms with Crippen molar-refractivity contribution in [1.29, 1.82) is 0 Å². The van der Waals surface area contributed by atoms with Crippen LogP contribution < -0.4 is 0 Å². The molecule has 0 radical (unpaired) electrons. The number of hydrogen-bond acceptors (Lipinski definition) is 4. The molecule has 0 spiro atoms. The predicted octanol–water partition coefficient (Wildman–Crippen LogP) is 1.49. The monoisotopic (exact) mass is 273 g/mol. The first-order valence-corrected chi connectivity index (χ1v) is 7.19. The van der Waals surface area contributed by atoms with Gasteiger partial charge in [-0.25, -0.2) is 0 Å². The van der Waals surface area contributed by atoms with E-state index in [0.717, 1.165) is 25.7 Å². The normalized spacial score (nSPS) is 20.4. The Morgan fingerprint density at radius 3 is 2.53 bits per heavy atom. The minimum absolute atomic E-state index is 0.158. The Labute approximate surface area is 115 Å². The molecule has 1 aliphatic carbocycles. The third-order valence-corrected chi connectivity index (χ3v) is 4.07. The first-order valence-electron chi connectivity index (χ1n) is 7.19. The fraction of sp³-hybridized carbons (Fsp3) is 0.929. The van der Waals surface area contributed by atoms with E-state index < -0.39 is 12.1 Å². The Kier molecular flexibility index (Phi) is 6.75. The standard InChI is InChI=1S/C14H27NO4/c1-3-19-11-12(16)10-15(2)14(9-13(17)18)7-5-4-6-8-14/h12,16H,3-11H2,1-2H3,(H,17,18). The van der Waals surface area contributed by atoms with E-state index >= 15 is 0 Å². The fourth-order valence-corrected chi connectivity index (χ4v) is 3.00. The highest BCUT2D eigenvalue weighted by Crippen LogP contribution is 2.35. The molecule has 0 aromatic heterocycles. The maximum absolute atomic E-state index is 11.1. The SMILES string of the molecule is CCOCC(O)CN(C)C1(CC(=O)O)CCCCC1. The van der Waals surface area contributed by atoms with Crippen molar-refractivity contribution < 1.29 is 19.7 Å². The molecule has 0 amide bonds. The number of hydrogen-bond donors (Lipinski definition) is 2. The Balaban J connectivity index is 2.60. The summed E-state index contributed by atoms with van der Waals surface area (Å²) in [4.78, 5) is 13.2. The third-order valence-electron chi connectivity index (χ3n) is 4.07. The van der Waals surface area contributed by atoms with Gasteiger partial charge in [0.05, 0.1) is 19.1 Å². The zero-order valence-corrected chi connectivity index (χ0v) is 12.1. The molecule has 2 N–H and O–H groups in total. The summed E-state index contributed by atoms with van der Waals surface area (Å²) in [5.41, 5.74) is -0.294. The number of carboxylic acids is 1. The predicted molar refractivity (Wildman–Crippen MR) is 73.2 cm³/mol. The van der Waals surface area contributed by atoms with Crippen LogP contribution in [0.1, 0.15) is 45.4 Å². The topological polar surface area (TPSA) is 70.0 Å². The van der Waals surface area contributed by atoms with Crippen molar-refractivity contribution in [3.05, 3.63) is 0 Å². The van der Waals surface area contributed by atoms with Crippen LogP contribution in [-0.2, 0) is 9.53 Å². The van der Waals surface area contributed by atoms with Gasteiger partial charge in [-0.3, -0.25) is 9.69 Å². The number of ether oxygens (including phenoxy) is 1. The van der Waals surface area contributed by atoms with Crippen LogP contribution in [0.2, 0.25) is 0 Å². The van der Waals surface area contributed by atoms with Crippen LogP contribution >= 0.6 is 0 Å². The van der Waals surface area contributed by atoms with Crippen molar-refractivity contribution in [3.8, 4) is 0 Å². The zero-order valence-electron chi connectivity index (χ0n) is 12.1. The second-order valence-electron chi connectivity index (χ2n) is 5.55. The molecule has 0 saturated heterocycles.